The van der Waals surface area contributed by atoms with Crippen molar-refractivity contribution in [2.24, 2.45) is 11.8 Å². The number of carbonyl (C=O) groups excluding carboxylic acids is 1. The molecule has 5 nitrogen and oxygen atoms in total. The molecule has 1 aliphatic rings. The number of nitrogens with one attached hydrogen (secondary N) is 1. The Morgan fingerprint density at radius 3 is 2.61 bits per heavy atom. The third-order valence-corrected chi connectivity index (χ3v) is 6.02. The van der Waals surface area contributed by atoms with Crippen molar-refractivity contribution >= 4 is 27.5 Å². The van der Waals surface area contributed by atoms with Gasteiger partial charge >= 0.3 is 0 Å². The summed E-state index contributed by atoms with van der Waals surface area (Å²) in [7, 11) is -3.58. The molecular formula is C16H23ClN2O3S. The largest absolute Gasteiger partial charge is 0.356 e. The minimum absolute atomic E-state index is 0.0605. The van der Waals surface area contributed by atoms with Gasteiger partial charge in [-0.25, -0.2) is 8.42 Å². The van der Waals surface area contributed by atoms with Crippen molar-refractivity contribution in [1.82, 2.24) is 9.62 Å². The van der Waals surface area contributed by atoms with Crippen molar-refractivity contribution in [3.63, 3.8) is 0 Å². The molecule has 128 valence electrons. The zero-order valence-electron chi connectivity index (χ0n) is 13.5. The molecule has 1 amide bonds. The first-order valence-electron chi connectivity index (χ1n) is 7.84. The van der Waals surface area contributed by atoms with E-state index in [4.69, 9.17) is 11.6 Å². The molecule has 0 unspecified atom stereocenters. The van der Waals surface area contributed by atoms with E-state index in [1.165, 1.54) is 16.4 Å². The summed E-state index contributed by atoms with van der Waals surface area (Å²) in [6, 6.07) is 6.12. The fourth-order valence-electron chi connectivity index (χ4n) is 2.58. The molecule has 0 aromatic heterocycles. The molecule has 1 aromatic rings. The predicted molar refractivity (Wildman–Crippen MR) is 90.8 cm³/mol. The van der Waals surface area contributed by atoms with Crippen molar-refractivity contribution in [2.45, 2.75) is 31.6 Å². The smallest absolute Gasteiger partial charge is 0.243 e. The summed E-state index contributed by atoms with van der Waals surface area (Å²) in [5.41, 5.74) is 0. The molecule has 0 saturated carbocycles. The van der Waals surface area contributed by atoms with Gasteiger partial charge in [0.2, 0.25) is 15.9 Å². The number of benzene rings is 1. The zero-order chi connectivity index (χ0) is 17.0. The summed E-state index contributed by atoms with van der Waals surface area (Å²) in [6.45, 7) is 5.34. The van der Waals surface area contributed by atoms with Crippen LogP contribution in [0.3, 0.4) is 0 Å². The number of amides is 1. The summed E-state index contributed by atoms with van der Waals surface area (Å²) in [6.07, 6.45) is 1.41. The van der Waals surface area contributed by atoms with Gasteiger partial charge in [0.05, 0.1) is 10.8 Å². The van der Waals surface area contributed by atoms with E-state index in [2.05, 4.69) is 5.32 Å². The number of nitrogens with zero attached hydrogens (tertiary/aromatic N) is 1. The minimum atomic E-state index is -3.58. The number of hydrogen-bond donors (Lipinski definition) is 1. The number of halogens is 1. The molecule has 0 bridgehead atoms. The van der Waals surface area contributed by atoms with Gasteiger partial charge in [-0.3, -0.25) is 4.79 Å². The molecule has 0 spiro atoms. The van der Waals surface area contributed by atoms with Gasteiger partial charge < -0.3 is 5.32 Å². The van der Waals surface area contributed by atoms with Gasteiger partial charge in [0.15, 0.2) is 0 Å². The first-order valence-corrected chi connectivity index (χ1v) is 9.66. The van der Waals surface area contributed by atoms with Crippen LogP contribution in [0, 0.1) is 11.8 Å². The van der Waals surface area contributed by atoms with Gasteiger partial charge in [-0.1, -0.05) is 25.4 Å². The van der Waals surface area contributed by atoms with Crippen LogP contribution in [0.5, 0.6) is 0 Å². The van der Waals surface area contributed by atoms with Crippen molar-refractivity contribution in [1.29, 1.82) is 0 Å². The maximum Gasteiger partial charge on any atom is 0.243 e. The van der Waals surface area contributed by atoms with E-state index in [0.29, 0.717) is 30.5 Å². The number of piperidine rings is 1. The molecule has 1 saturated heterocycles. The number of carbonyl (C=O) groups is 1. The first kappa shape index (κ1) is 18.2. The maximum absolute atomic E-state index is 12.7. The molecule has 7 heteroatoms. The third-order valence-electron chi connectivity index (χ3n) is 3.89. The number of hydrogen-bond acceptors (Lipinski definition) is 3. The average Bonchev–Trinajstić information content (AvgIpc) is 2.53. The second kappa shape index (κ2) is 7.64. The van der Waals surface area contributed by atoms with E-state index < -0.39 is 10.0 Å². The quantitative estimate of drug-likeness (QED) is 0.879. The van der Waals surface area contributed by atoms with Crippen LogP contribution >= 0.6 is 11.6 Å². The van der Waals surface area contributed by atoms with E-state index in [-0.39, 0.29) is 23.3 Å². The lowest BCUT2D eigenvalue weighted by molar-refractivity contribution is -0.126. The molecule has 1 atom stereocenters. The minimum Gasteiger partial charge on any atom is -0.356 e. The third kappa shape index (κ3) is 4.68. The van der Waals surface area contributed by atoms with Crippen LogP contribution in [0.2, 0.25) is 5.02 Å². The predicted octanol–water partition coefficient (Wildman–Crippen LogP) is 2.51. The Labute approximate surface area is 143 Å². The fraction of sp³-hybridized carbons (Fsp3) is 0.562. The lowest BCUT2D eigenvalue weighted by atomic mass is 9.98. The standard InChI is InChI=1S/C16H23ClN2O3S/c1-12(2)10-18-16(20)13-4-3-9-19(11-13)23(21,22)15-7-5-14(17)6-8-15/h5-8,12-13H,3-4,9-11H2,1-2H3,(H,18,20)/t13-/m1/s1. The average molecular weight is 359 g/mol. The van der Waals surface area contributed by atoms with Crippen molar-refractivity contribution < 1.29 is 13.2 Å². The maximum atomic E-state index is 12.7. The van der Waals surface area contributed by atoms with Crippen LogP contribution < -0.4 is 5.32 Å². The summed E-state index contributed by atoms with van der Waals surface area (Å²) in [5, 5.41) is 3.39. The molecular weight excluding hydrogens is 336 g/mol. The molecule has 1 fully saturated rings. The highest BCUT2D eigenvalue weighted by molar-refractivity contribution is 7.89. The summed E-state index contributed by atoms with van der Waals surface area (Å²) < 4.78 is 26.8. The van der Waals surface area contributed by atoms with Crippen LogP contribution in [0.25, 0.3) is 0 Å². The molecule has 0 aliphatic carbocycles. The number of rotatable bonds is 5. The van der Waals surface area contributed by atoms with E-state index in [1.807, 2.05) is 13.8 Å². The molecule has 1 aliphatic heterocycles. The fourth-order valence-corrected chi connectivity index (χ4v) is 4.23. The Bertz CT molecular complexity index is 644. The van der Waals surface area contributed by atoms with E-state index in [9.17, 15) is 13.2 Å². The van der Waals surface area contributed by atoms with Crippen LogP contribution in [0.15, 0.2) is 29.2 Å². The Balaban J connectivity index is 2.08. The topological polar surface area (TPSA) is 66.5 Å². The lowest BCUT2D eigenvalue weighted by Crippen LogP contribution is -2.45. The molecule has 0 radical (unpaired) electrons. The molecule has 23 heavy (non-hydrogen) atoms. The van der Waals surface area contributed by atoms with Gasteiger partial charge in [0.25, 0.3) is 0 Å². The zero-order valence-corrected chi connectivity index (χ0v) is 15.0. The van der Waals surface area contributed by atoms with Gasteiger partial charge in [0, 0.05) is 24.7 Å². The van der Waals surface area contributed by atoms with Gasteiger partial charge in [-0.05, 0) is 43.0 Å². The van der Waals surface area contributed by atoms with Crippen LogP contribution in [-0.4, -0.2) is 38.3 Å². The van der Waals surface area contributed by atoms with Crippen LogP contribution in [0.4, 0.5) is 0 Å². The lowest BCUT2D eigenvalue weighted by Gasteiger charge is -2.31. The Morgan fingerprint density at radius 2 is 2.00 bits per heavy atom. The highest BCUT2D eigenvalue weighted by Crippen LogP contribution is 2.24. The highest BCUT2D eigenvalue weighted by Gasteiger charge is 2.33. The van der Waals surface area contributed by atoms with Crippen molar-refractivity contribution in [3.05, 3.63) is 29.3 Å². The molecule has 1 aromatic carbocycles. The van der Waals surface area contributed by atoms with Gasteiger partial charge in [-0.15, -0.1) is 0 Å². The van der Waals surface area contributed by atoms with Gasteiger partial charge in [0.1, 0.15) is 0 Å². The molecule has 1 heterocycles. The normalized spacial score (nSPS) is 19.7. The SMILES string of the molecule is CC(C)CNC(=O)[C@@H]1CCCN(S(=O)(=O)c2ccc(Cl)cc2)C1. The highest BCUT2D eigenvalue weighted by atomic mass is 35.5. The summed E-state index contributed by atoms with van der Waals surface area (Å²) in [4.78, 5) is 12.4. The molecule has 1 N–H and O–H groups in total. The second-order valence-corrected chi connectivity index (χ2v) is 8.67. The Morgan fingerprint density at radius 1 is 1.35 bits per heavy atom. The first-order chi connectivity index (χ1) is 10.8. The Hall–Kier alpha value is -1.11. The van der Waals surface area contributed by atoms with Gasteiger partial charge in [-0.2, -0.15) is 4.31 Å². The van der Waals surface area contributed by atoms with E-state index >= 15 is 0 Å². The molecule has 2 rings (SSSR count). The number of sulfonamides is 1. The van der Waals surface area contributed by atoms with Crippen molar-refractivity contribution in [2.75, 3.05) is 19.6 Å². The van der Waals surface area contributed by atoms with Crippen LogP contribution in [-0.2, 0) is 14.8 Å². The Kier molecular flexibility index (Phi) is 6.06. The van der Waals surface area contributed by atoms with E-state index in [0.717, 1.165) is 6.42 Å². The van der Waals surface area contributed by atoms with Crippen molar-refractivity contribution in [3.8, 4) is 0 Å². The summed E-state index contributed by atoms with van der Waals surface area (Å²) >= 11 is 5.81. The second-order valence-electron chi connectivity index (χ2n) is 6.30. The van der Waals surface area contributed by atoms with Crippen LogP contribution in [0.1, 0.15) is 26.7 Å². The summed E-state index contributed by atoms with van der Waals surface area (Å²) in [5.74, 6) is 0.0238. The monoisotopic (exact) mass is 358 g/mol. The van der Waals surface area contributed by atoms with E-state index in [1.54, 1.807) is 12.1 Å².